The summed E-state index contributed by atoms with van der Waals surface area (Å²) in [6.07, 6.45) is 3.89. The minimum Gasteiger partial charge on any atom is -0.480 e. The predicted octanol–water partition coefficient (Wildman–Crippen LogP) is 2.05. The van der Waals surface area contributed by atoms with Gasteiger partial charge in [-0.05, 0) is 29.8 Å². The van der Waals surface area contributed by atoms with Crippen LogP contribution in [0.5, 0.6) is 0 Å². The average Bonchev–Trinajstić information content (AvgIpc) is 3.00. The Kier molecular flexibility index (Phi) is 9.31. The minimum absolute atomic E-state index is 0.147. The molecule has 0 saturated carbocycles. The third kappa shape index (κ3) is 7.89. The summed E-state index contributed by atoms with van der Waals surface area (Å²) < 4.78 is 0. The van der Waals surface area contributed by atoms with Crippen LogP contribution in [-0.4, -0.2) is 82.6 Å². The zero-order valence-corrected chi connectivity index (χ0v) is 19.8. The van der Waals surface area contributed by atoms with E-state index >= 15 is 0 Å². The quantitative estimate of drug-likeness (QED) is 0.455. The van der Waals surface area contributed by atoms with E-state index in [2.05, 4.69) is 5.32 Å². The second kappa shape index (κ2) is 12.6. The van der Waals surface area contributed by atoms with Gasteiger partial charge in [-0.2, -0.15) is 11.8 Å². The van der Waals surface area contributed by atoms with Gasteiger partial charge >= 0.3 is 11.9 Å². The van der Waals surface area contributed by atoms with Crippen LogP contribution in [0, 0.1) is 0 Å². The van der Waals surface area contributed by atoms with E-state index in [0.29, 0.717) is 24.5 Å². The second-order valence-electron chi connectivity index (χ2n) is 7.89. The first-order chi connectivity index (χ1) is 16.8. The lowest BCUT2D eigenvalue weighted by atomic mass is 10.1. The van der Waals surface area contributed by atoms with E-state index in [9.17, 15) is 19.2 Å². The monoisotopic (exact) mass is 497 g/mol. The van der Waals surface area contributed by atoms with Gasteiger partial charge in [-0.1, -0.05) is 42.5 Å². The fraction of sp³-hybridized carbons (Fsp3) is 0.280. The van der Waals surface area contributed by atoms with Gasteiger partial charge in [0.1, 0.15) is 19.1 Å². The number of aliphatic carboxylic acids is 2. The van der Waals surface area contributed by atoms with Gasteiger partial charge in [0.05, 0.1) is 0 Å². The first kappa shape index (κ1) is 25.8. The van der Waals surface area contributed by atoms with Crippen molar-refractivity contribution in [2.45, 2.75) is 6.04 Å². The van der Waals surface area contributed by atoms with Crippen molar-refractivity contribution in [3.8, 4) is 0 Å². The van der Waals surface area contributed by atoms with Crippen molar-refractivity contribution in [1.29, 1.82) is 0 Å². The van der Waals surface area contributed by atoms with Gasteiger partial charge in [0.2, 0.25) is 5.91 Å². The summed E-state index contributed by atoms with van der Waals surface area (Å²) in [6, 6.07) is 15.1. The number of carboxylic acids is 2. The number of thioether (sulfide) groups is 1. The molecule has 3 rings (SSSR count). The van der Waals surface area contributed by atoms with Gasteiger partial charge in [0, 0.05) is 35.8 Å². The number of benzene rings is 2. The predicted molar refractivity (Wildman–Crippen MR) is 135 cm³/mol. The molecule has 1 aliphatic heterocycles. The number of rotatable bonds is 10. The number of nitrogens with zero attached hydrogens (tertiary/aromatic N) is 2. The van der Waals surface area contributed by atoms with Crippen molar-refractivity contribution < 1.29 is 29.4 Å². The van der Waals surface area contributed by atoms with Crippen LogP contribution in [-0.2, 0) is 14.4 Å². The molecular formula is C25H27N3O6S. The van der Waals surface area contributed by atoms with E-state index in [-0.39, 0.29) is 11.5 Å². The Balaban J connectivity index is 1.63. The van der Waals surface area contributed by atoms with Crippen molar-refractivity contribution >= 4 is 47.3 Å². The highest BCUT2D eigenvalue weighted by atomic mass is 32.2. The summed E-state index contributed by atoms with van der Waals surface area (Å²) >= 11 is 1.60. The molecule has 2 aromatic carbocycles. The van der Waals surface area contributed by atoms with Gasteiger partial charge in [0.15, 0.2) is 0 Å². The molecule has 0 spiro atoms. The van der Waals surface area contributed by atoms with E-state index < -0.39 is 37.0 Å². The summed E-state index contributed by atoms with van der Waals surface area (Å²) in [7, 11) is 0. The molecule has 1 saturated heterocycles. The SMILES string of the molecule is O=C(O)CN(CC(=O)O)c1ccc(C(=O)N[C@H]2CSCCN(CC=Cc3ccccc3)C2=O)cc1. The normalized spacial score (nSPS) is 16.1. The number of carbonyl (C=O) groups is 4. The van der Waals surface area contributed by atoms with Crippen LogP contribution in [0.25, 0.3) is 6.08 Å². The molecule has 2 aromatic rings. The molecular weight excluding hydrogens is 470 g/mol. The highest BCUT2D eigenvalue weighted by Crippen LogP contribution is 2.17. The lowest BCUT2D eigenvalue weighted by Gasteiger charge is -2.23. The van der Waals surface area contributed by atoms with Crippen molar-refractivity contribution in [3.63, 3.8) is 0 Å². The Morgan fingerprint density at radius 1 is 1.03 bits per heavy atom. The minimum atomic E-state index is -1.17. The number of carbonyl (C=O) groups excluding carboxylic acids is 2. The van der Waals surface area contributed by atoms with Crippen LogP contribution in [0.2, 0.25) is 0 Å². The van der Waals surface area contributed by atoms with E-state index in [4.69, 9.17) is 10.2 Å². The molecule has 9 nitrogen and oxygen atoms in total. The van der Waals surface area contributed by atoms with Gasteiger partial charge < -0.3 is 25.3 Å². The van der Waals surface area contributed by atoms with Crippen LogP contribution >= 0.6 is 11.8 Å². The number of amides is 2. The molecule has 3 N–H and O–H groups in total. The van der Waals surface area contributed by atoms with Crippen molar-refractivity contribution in [1.82, 2.24) is 10.2 Å². The maximum Gasteiger partial charge on any atom is 0.323 e. The molecule has 184 valence electrons. The first-order valence-corrected chi connectivity index (χ1v) is 12.2. The fourth-order valence-corrected chi connectivity index (χ4v) is 4.55. The Hall–Kier alpha value is -3.79. The number of carboxylic acid groups (broad SMARTS) is 2. The lowest BCUT2D eigenvalue weighted by Crippen LogP contribution is -2.49. The van der Waals surface area contributed by atoms with Gasteiger partial charge in [0.25, 0.3) is 5.91 Å². The molecule has 0 radical (unpaired) electrons. The first-order valence-electron chi connectivity index (χ1n) is 11.0. The van der Waals surface area contributed by atoms with E-state index in [1.54, 1.807) is 16.7 Å². The fourth-order valence-electron chi connectivity index (χ4n) is 3.57. The largest absolute Gasteiger partial charge is 0.480 e. The van der Waals surface area contributed by atoms with Crippen LogP contribution < -0.4 is 10.2 Å². The lowest BCUT2D eigenvalue weighted by molar-refractivity contribution is -0.136. The standard InChI is InChI=1S/C25H27N3O6S/c29-22(30)15-28(16-23(31)32)20-10-8-19(9-11-20)24(33)26-21-17-35-14-13-27(25(21)34)12-4-7-18-5-2-1-3-6-18/h1-11,21H,12-17H2,(H,26,33)(H,29,30)(H,31,32)/t21-/m0/s1. The Morgan fingerprint density at radius 3 is 2.31 bits per heavy atom. The Morgan fingerprint density at radius 2 is 1.69 bits per heavy atom. The molecule has 35 heavy (non-hydrogen) atoms. The molecule has 0 bridgehead atoms. The van der Waals surface area contributed by atoms with Crippen LogP contribution in [0.3, 0.4) is 0 Å². The van der Waals surface area contributed by atoms with E-state index in [1.807, 2.05) is 42.5 Å². The topological polar surface area (TPSA) is 127 Å². The van der Waals surface area contributed by atoms with Crippen LogP contribution in [0.4, 0.5) is 5.69 Å². The number of anilines is 1. The van der Waals surface area contributed by atoms with Gasteiger partial charge in [-0.25, -0.2) is 0 Å². The molecule has 1 fully saturated rings. The molecule has 1 heterocycles. The average molecular weight is 498 g/mol. The highest BCUT2D eigenvalue weighted by molar-refractivity contribution is 7.99. The van der Waals surface area contributed by atoms with Crippen LogP contribution in [0.15, 0.2) is 60.7 Å². The van der Waals surface area contributed by atoms with Gasteiger partial charge in [-0.15, -0.1) is 0 Å². The van der Waals surface area contributed by atoms with Gasteiger partial charge in [-0.3, -0.25) is 19.2 Å². The summed E-state index contributed by atoms with van der Waals surface area (Å²) in [4.78, 5) is 50.8. The zero-order chi connectivity index (χ0) is 25.2. The molecule has 1 atom stereocenters. The zero-order valence-electron chi connectivity index (χ0n) is 19.0. The van der Waals surface area contributed by atoms with Crippen molar-refractivity contribution in [2.75, 3.05) is 42.6 Å². The summed E-state index contributed by atoms with van der Waals surface area (Å²) in [6.45, 7) is 0.0609. The summed E-state index contributed by atoms with van der Waals surface area (Å²) in [5.41, 5.74) is 1.70. The third-order valence-electron chi connectivity index (χ3n) is 5.29. The van der Waals surface area contributed by atoms with E-state index in [0.717, 1.165) is 11.3 Å². The molecule has 0 unspecified atom stereocenters. The summed E-state index contributed by atoms with van der Waals surface area (Å²) in [5, 5.41) is 20.8. The number of hydrogen-bond acceptors (Lipinski definition) is 6. The van der Waals surface area contributed by atoms with Crippen molar-refractivity contribution in [3.05, 3.63) is 71.8 Å². The summed E-state index contributed by atoms with van der Waals surface area (Å²) in [5.74, 6) is -1.67. The van der Waals surface area contributed by atoms with Crippen LogP contribution in [0.1, 0.15) is 15.9 Å². The Bertz CT molecular complexity index is 1060. The Labute approximate surface area is 207 Å². The number of hydrogen-bond donors (Lipinski definition) is 3. The van der Waals surface area contributed by atoms with Crippen molar-refractivity contribution in [2.24, 2.45) is 0 Å². The molecule has 1 aliphatic rings. The third-order valence-corrected chi connectivity index (χ3v) is 6.33. The smallest absolute Gasteiger partial charge is 0.323 e. The maximum atomic E-state index is 13.0. The van der Waals surface area contributed by atoms with E-state index in [1.165, 1.54) is 29.2 Å². The number of nitrogens with one attached hydrogen (secondary N) is 1. The second-order valence-corrected chi connectivity index (χ2v) is 9.04. The highest BCUT2D eigenvalue weighted by Gasteiger charge is 2.28. The molecule has 0 aliphatic carbocycles. The molecule has 0 aromatic heterocycles. The molecule has 10 heteroatoms. The molecule has 2 amide bonds. The maximum absolute atomic E-state index is 13.0.